The second kappa shape index (κ2) is 6.59. The van der Waals surface area contributed by atoms with Crippen LogP contribution in [-0.4, -0.2) is 34.5 Å². The summed E-state index contributed by atoms with van der Waals surface area (Å²) < 4.78 is 10.5. The van der Waals surface area contributed by atoms with Crippen LogP contribution in [0.2, 0.25) is 0 Å². The van der Waals surface area contributed by atoms with E-state index in [2.05, 4.69) is 15.2 Å². The predicted molar refractivity (Wildman–Crippen MR) is 89.1 cm³/mol. The molecule has 0 aliphatic heterocycles. The molecule has 24 heavy (non-hydrogen) atoms. The van der Waals surface area contributed by atoms with Gasteiger partial charge >= 0.3 is 0 Å². The van der Waals surface area contributed by atoms with Crippen molar-refractivity contribution < 1.29 is 14.6 Å². The van der Waals surface area contributed by atoms with Crippen LogP contribution in [0.4, 0.5) is 0 Å². The Morgan fingerprint density at radius 3 is 2.42 bits per heavy atom. The first-order valence-corrected chi connectivity index (χ1v) is 7.31. The van der Waals surface area contributed by atoms with Gasteiger partial charge in [-0.1, -0.05) is 6.07 Å². The lowest BCUT2D eigenvalue weighted by molar-refractivity contribution is 0.354. The molecule has 0 bridgehead atoms. The minimum absolute atomic E-state index is 0.191. The van der Waals surface area contributed by atoms with E-state index in [1.807, 2.05) is 12.1 Å². The number of nitrogens with zero attached hydrogens (tertiary/aromatic N) is 2. The zero-order chi connectivity index (χ0) is 17.1. The molecule has 4 N–H and O–H groups in total. The van der Waals surface area contributed by atoms with Crippen molar-refractivity contribution in [3.05, 3.63) is 53.9 Å². The smallest absolute Gasteiger partial charge is 0.181 e. The zero-order valence-corrected chi connectivity index (χ0v) is 13.4. The summed E-state index contributed by atoms with van der Waals surface area (Å²) in [4.78, 5) is 4.44. The number of ether oxygens (including phenoxy) is 2. The third-order valence-corrected chi connectivity index (χ3v) is 3.69. The molecule has 1 aromatic heterocycles. The van der Waals surface area contributed by atoms with Gasteiger partial charge in [0.05, 0.1) is 20.3 Å². The van der Waals surface area contributed by atoms with E-state index in [1.165, 1.54) is 0 Å². The van der Waals surface area contributed by atoms with Gasteiger partial charge in [0.2, 0.25) is 0 Å². The van der Waals surface area contributed by atoms with E-state index in [9.17, 15) is 5.11 Å². The molecule has 3 rings (SSSR count). The number of methoxy groups -OCH3 is 2. The summed E-state index contributed by atoms with van der Waals surface area (Å²) in [5.41, 5.74) is 7.88. The van der Waals surface area contributed by atoms with Gasteiger partial charge in [0.1, 0.15) is 11.6 Å². The Labute approximate surface area is 139 Å². The highest BCUT2D eigenvalue weighted by molar-refractivity contribution is 5.56. The van der Waals surface area contributed by atoms with Gasteiger partial charge in [-0.3, -0.25) is 5.10 Å². The molecule has 0 aliphatic rings. The minimum atomic E-state index is -0.483. The van der Waals surface area contributed by atoms with Crippen LogP contribution >= 0.6 is 0 Å². The Morgan fingerprint density at radius 2 is 1.75 bits per heavy atom. The summed E-state index contributed by atoms with van der Waals surface area (Å²) >= 11 is 0. The van der Waals surface area contributed by atoms with Gasteiger partial charge in [-0.25, -0.2) is 4.98 Å². The highest BCUT2D eigenvalue weighted by Crippen LogP contribution is 2.31. The number of phenolic OH excluding ortho intramolecular Hbond substituents is 1. The van der Waals surface area contributed by atoms with Crippen LogP contribution in [0.1, 0.15) is 17.4 Å². The topological polar surface area (TPSA) is 106 Å². The van der Waals surface area contributed by atoms with E-state index in [0.29, 0.717) is 23.1 Å². The van der Waals surface area contributed by atoms with E-state index in [1.54, 1.807) is 44.6 Å². The zero-order valence-electron chi connectivity index (χ0n) is 13.4. The number of benzene rings is 2. The number of rotatable bonds is 5. The number of H-pyrrole nitrogens is 1. The van der Waals surface area contributed by atoms with Crippen LogP contribution in [0.5, 0.6) is 17.2 Å². The second-order valence-corrected chi connectivity index (χ2v) is 5.18. The summed E-state index contributed by atoms with van der Waals surface area (Å²) in [7, 11) is 3.16. The fourth-order valence-electron chi connectivity index (χ4n) is 2.36. The normalized spacial score (nSPS) is 12.0. The molecule has 0 saturated heterocycles. The molecule has 1 heterocycles. The molecule has 0 unspecified atom stereocenters. The second-order valence-electron chi connectivity index (χ2n) is 5.18. The van der Waals surface area contributed by atoms with Crippen molar-refractivity contribution in [2.75, 3.05) is 14.2 Å². The lowest BCUT2D eigenvalue weighted by atomic mass is 10.1. The SMILES string of the molecule is COc1ccc([C@H](N)c2nc(-c3ccc(O)cc3)n[nH]2)cc1OC. The fourth-order valence-corrected chi connectivity index (χ4v) is 2.36. The number of nitrogens with one attached hydrogen (secondary N) is 1. The number of hydrogen-bond donors (Lipinski definition) is 3. The van der Waals surface area contributed by atoms with Gasteiger partial charge in [0, 0.05) is 5.56 Å². The van der Waals surface area contributed by atoms with Crippen LogP contribution < -0.4 is 15.2 Å². The number of aromatic amines is 1. The molecule has 0 amide bonds. The van der Waals surface area contributed by atoms with Gasteiger partial charge in [0.15, 0.2) is 17.3 Å². The van der Waals surface area contributed by atoms with Crippen molar-refractivity contribution >= 4 is 0 Å². The van der Waals surface area contributed by atoms with Gasteiger partial charge in [-0.2, -0.15) is 5.10 Å². The third-order valence-electron chi connectivity index (χ3n) is 3.69. The van der Waals surface area contributed by atoms with E-state index < -0.39 is 6.04 Å². The Balaban J connectivity index is 1.88. The molecule has 0 radical (unpaired) electrons. The molecular weight excluding hydrogens is 308 g/mol. The van der Waals surface area contributed by atoms with Crippen LogP contribution in [0.15, 0.2) is 42.5 Å². The van der Waals surface area contributed by atoms with Gasteiger partial charge < -0.3 is 20.3 Å². The molecule has 3 aromatic rings. The molecule has 0 aliphatic carbocycles. The summed E-state index contributed by atoms with van der Waals surface area (Å²) in [5, 5.41) is 16.4. The van der Waals surface area contributed by atoms with Gasteiger partial charge in [-0.05, 0) is 42.0 Å². The Morgan fingerprint density at radius 1 is 1.04 bits per heavy atom. The molecule has 7 nitrogen and oxygen atoms in total. The molecule has 0 saturated carbocycles. The van der Waals surface area contributed by atoms with Crippen LogP contribution in [0.25, 0.3) is 11.4 Å². The summed E-state index contributed by atoms with van der Waals surface area (Å²) in [6.07, 6.45) is 0. The number of nitrogens with two attached hydrogens (primary N) is 1. The fraction of sp³-hybridized carbons (Fsp3) is 0.176. The molecular formula is C17H18N4O3. The minimum Gasteiger partial charge on any atom is -0.508 e. The highest BCUT2D eigenvalue weighted by atomic mass is 16.5. The maximum atomic E-state index is 9.35. The summed E-state index contributed by atoms with van der Waals surface area (Å²) in [6, 6.07) is 11.6. The molecule has 0 fully saturated rings. The maximum absolute atomic E-state index is 9.35. The number of phenols is 1. The molecule has 1 atom stereocenters. The van der Waals surface area contributed by atoms with Crippen LogP contribution in [0.3, 0.4) is 0 Å². The van der Waals surface area contributed by atoms with Crippen molar-refractivity contribution in [2.45, 2.75) is 6.04 Å². The monoisotopic (exact) mass is 326 g/mol. The maximum Gasteiger partial charge on any atom is 0.181 e. The van der Waals surface area contributed by atoms with Crippen LogP contribution in [0, 0.1) is 0 Å². The summed E-state index contributed by atoms with van der Waals surface area (Å²) in [6.45, 7) is 0. The molecule has 2 aromatic carbocycles. The Bertz CT molecular complexity index is 830. The third kappa shape index (κ3) is 3.02. The molecule has 124 valence electrons. The van der Waals surface area contributed by atoms with Crippen molar-refractivity contribution in [1.29, 1.82) is 0 Å². The first-order chi connectivity index (χ1) is 11.6. The number of hydrogen-bond acceptors (Lipinski definition) is 6. The highest BCUT2D eigenvalue weighted by Gasteiger charge is 2.17. The van der Waals surface area contributed by atoms with Crippen molar-refractivity contribution in [1.82, 2.24) is 15.2 Å². The van der Waals surface area contributed by atoms with E-state index in [-0.39, 0.29) is 5.75 Å². The largest absolute Gasteiger partial charge is 0.508 e. The van der Waals surface area contributed by atoms with Gasteiger partial charge in [0.25, 0.3) is 0 Å². The van der Waals surface area contributed by atoms with Gasteiger partial charge in [-0.15, -0.1) is 0 Å². The lowest BCUT2D eigenvalue weighted by Gasteiger charge is -2.13. The number of aromatic nitrogens is 3. The number of aromatic hydroxyl groups is 1. The van der Waals surface area contributed by atoms with E-state index in [4.69, 9.17) is 15.2 Å². The molecule has 0 spiro atoms. The lowest BCUT2D eigenvalue weighted by Crippen LogP contribution is -2.14. The Hall–Kier alpha value is -3.06. The van der Waals surface area contributed by atoms with Crippen LogP contribution in [-0.2, 0) is 0 Å². The Kier molecular flexibility index (Phi) is 4.35. The predicted octanol–water partition coefficient (Wildman–Crippen LogP) is 2.24. The standard InChI is InChI=1S/C17H18N4O3/c1-23-13-8-5-11(9-14(13)24-2)15(18)17-19-16(20-21-17)10-3-6-12(22)7-4-10/h3-9,15,22H,18H2,1-2H3,(H,19,20,21)/t15-/m0/s1. The quantitative estimate of drug-likeness (QED) is 0.664. The average molecular weight is 326 g/mol. The summed E-state index contributed by atoms with van der Waals surface area (Å²) in [5.74, 6) is 2.47. The van der Waals surface area contributed by atoms with E-state index in [0.717, 1.165) is 11.1 Å². The van der Waals surface area contributed by atoms with Crippen molar-refractivity contribution in [2.24, 2.45) is 5.73 Å². The molecule has 7 heteroatoms. The average Bonchev–Trinajstić information content (AvgIpc) is 3.11. The first-order valence-electron chi connectivity index (χ1n) is 7.31. The first kappa shape index (κ1) is 15.8. The van der Waals surface area contributed by atoms with Crippen molar-refractivity contribution in [3.8, 4) is 28.6 Å². The van der Waals surface area contributed by atoms with Crippen molar-refractivity contribution in [3.63, 3.8) is 0 Å². The van der Waals surface area contributed by atoms with E-state index >= 15 is 0 Å².